The summed E-state index contributed by atoms with van der Waals surface area (Å²) in [6, 6.07) is 1.57. The van der Waals surface area contributed by atoms with Crippen molar-refractivity contribution in [3.63, 3.8) is 0 Å². The second-order valence-electron chi connectivity index (χ2n) is 4.74. The predicted octanol–water partition coefficient (Wildman–Crippen LogP) is 0.762. The van der Waals surface area contributed by atoms with Gasteiger partial charge in [0.2, 0.25) is 14.9 Å². The highest BCUT2D eigenvalue weighted by atomic mass is 32.2. The summed E-state index contributed by atoms with van der Waals surface area (Å²) in [6.07, 6.45) is 2.82. The molecule has 1 atom stereocenters. The van der Waals surface area contributed by atoms with Gasteiger partial charge in [-0.25, -0.2) is 13.2 Å². The molecule has 1 N–H and O–H groups in total. The second kappa shape index (κ2) is 5.28. The van der Waals surface area contributed by atoms with Crippen molar-refractivity contribution < 1.29 is 27.5 Å². The Balaban J connectivity index is 2.26. The Morgan fingerprint density at radius 3 is 2.60 bits per heavy atom. The molecular weight excluding hydrogens is 286 g/mol. The molecule has 0 aromatic carbocycles. The number of carboxylic acids is 1. The zero-order valence-corrected chi connectivity index (χ0v) is 11.7. The molecule has 0 radical (unpaired) electrons. The van der Waals surface area contributed by atoms with E-state index in [1.165, 1.54) is 17.0 Å². The van der Waals surface area contributed by atoms with E-state index in [1.807, 2.05) is 0 Å². The number of piperidine rings is 1. The van der Waals surface area contributed by atoms with E-state index in [1.54, 1.807) is 0 Å². The van der Waals surface area contributed by atoms with E-state index in [0.717, 1.165) is 19.1 Å². The SMILES string of the molecule is CS(=O)(=O)c1ccc(C(=O)N2CCCC[C@@H]2C(=O)O)o1. The molecule has 2 rings (SSSR count). The van der Waals surface area contributed by atoms with E-state index in [4.69, 9.17) is 9.52 Å². The maximum Gasteiger partial charge on any atom is 0.326 e. The van der Waals surface area contributed by atoms with Gasteiger partial charge in [0.25, 0.3) is 5.91 Å². The highest BCUT2D eigenvalue weighted by Crippen LogP contribution is 2.22. The Bertz CT molecular complexity index is 632. The highest BCUT2D eigenvalue weighted by molar-refractivity contribution is 7.90. The van der Waals surface area contributed by atoms with Crippen LogP contribution in [0.2, 0.25) is 0 Å². The standard InChI is InChI=1S/C12H15NO6S/c1-20(17,18)10-6-5-9(19-10)11(14)13-7-3-2-4-8(13)12(15)16/h5-6,8H,2-4,7H2,1H3,(H,15,16)/t8-/m1/s1. The van der Waals surface area contributed by atoms with Gasteiger partial charge < -0.3 is 14.4 Å². The highest BCUT2D eigenvalue weighted by Gasteiger charge is 2.34. The van der Waals surface area contributed by atoms with Gasteiger partial charge >= 0.3 is 5.97 Å². The van der Waals surface area contributed by atoms with Crippen LogP contribution in [0.4, 0.5) is 0 Å². The normalized spacial score (nSPS) is 19.9. The van der Waals surface area contributed by atoms with Crippen LogP contribution in [0, 0.1) is 0 Å². The van der Waals surface area contributed by atoms with Crippen molar-refractivity contribution in [2.75, 3.05) is 12.8 Å². The lowest BCUT2D eigenvalue weighted by atomic mass is 10.0. The number of carboxylic acid groups (broad SMARTS) is 1. The van der Waals surface area contributed by atoms with Crippen molar-refractivity contribution in [1.29, 1.82) is 0 Å². The average Bonchev–Trinajstić information content (AvgIpc) is 2.87. The van der Waals surface area contributed by atoms with Crippen molar-refractivity contribution in [2.24, 2.45) is 0 Å². The first kappa shape index (κ1) is 14.6. The Morgan fingerprint density at radius 2 is 2.05 bits per heavy atom. The van der Waals surface area contributed by atoms with Crippen LogP contribution in [0.5, 0.6) is 0 Å². The van der Waals surface area contributed by atoms with Crippen LogP contribution in [0.3, 0.4) is 0 Å². The quantitative estimate of drug-likeness (QED) is 0.883. The first-order chi connectivity index (χ1) is 9.30. The van der Waals surface area contributed by atoms with Crippen molar-refractivity contribution in [2.45, 2.75) is 30.4 Å². The molecule has 1 saturated heterocycles. The van der Waals surface area contributed by atoms with E-state index in [0.29, 0.717) is 13.0 Å². The van der Waals surface area contributed by atoms with Gasteiger partial charge in [0.1, 0.15) is 6.04 Å². The fourth-order valence-electron chi connectivity index (χ4n) is 2.21. The third kappa shape index (κ3) is 2.84. The van der Waals surface area contributed by atoms with Crippen molar-refractivity contribution in [3.05, 3.63) is 17.9 Å². The number of carbonyl (C=O) groups is 2. The van der Waals surface area contributed by atoms with Crippen molar-refractivity contribution >= 4 is 21.7 Å². The number of rotatable bonds is 3. The summed E-state index contributed by atoms with van der Waals surface area (Å²) in [7, 11) is -3.53. The topological polar surface area (TPSA) is 105 Å². The molecule has 0 spiro atoms. The maximum atomic E-state index is 12.2. The number of hydrogen-bond acceptors (Lipinski definition) is 5. The number of furan rings is 1. The summed E-state index contributed by atoms with van der Waals surface area (Å²) in [5.74, 6) is -1.81. The van der Waals surface area contributed by atoms with Crippen LogP contribution in [0.1, 0.15) is 29.8 Å². The number of aliphatic carboxylic acids is 1. The average molecular weight is 301 g/mol. The molecule has 1 aromatic rings. The van der Waals surface area contributed by atoms with Gasteiger partial charge in [0.05, 0.1) is 0 Å². The molecule has 1 aliphatic heterocycles. The van der Waals surface area contributed by atoms with Crippen LogP contribution in [-0.2, 0) is 14.6 Å². The van der Waals surface area contributed by atoms with Gasteiger partial charge in [0, 0.05) is 12.8 Å². The molecule has 110 valence electrons. The van der Waals surface area contributed by atoms with Gasteiger partial charge in [0.15, 0.2) is 5.76 Å². The van der Waals surface area contributed by atoms with E-state index >= 15 is 0 Å². The Morgan fingerprint density at radius 1 is 1.35 bits per heavy atom. The van der Waals surface area contributed by atoms with Crippen LogP contribution >= 0.6 is 0 Å². The van der Waals surface area contributed by atoms with Gasteiger partial charge in [-0.3, -0.25) is 4.79 Å². The Hall–Kier alpha value is -1.83. The molecule has 1 aromatic heterocycles. The number of sulfone groups is 1. The molecule has 0 unspecified atom stereocenters. The van der Waals surface area contributed by atoms with E-state index in [-0.39, 0.29) is 10.9 Å². The minimum Gasteiger partial charge on any atom is -0.480 e. The minimum absolute atomic E-state index is 0.154. The molecule has 1 amide bonds. The second-order valence-corrected chi connectivity index (χ2v) is 6.69. The summed E-state index contributed by atoms with van der Waals surface area (Å²) in [4.78, 5) is 24.6. The molecule has 7 nitrogen and oxygen atoms in total. The lowest BCUT2D eigenvalue weighted by Gasteiger charge is -2.32. The van der Waals surface area contributed by atoms with Gasteiger partial charge in [-0.2, -0.15) is 0 Å². The van der Waals surface area contributed by atoms with Crippen LogP contribution in [-0.4, -0.2) is 49.1 Å². The smallest absolute Gasteiger partial charge is 0.326 e. The summed E-state index contributed by atoms with van der Waals surface area (Å²) < 4.78 is 27.6. The van der Waals surface area contributed by atoms with Crippen molar-refractivity contribution in [1.82, 2.24) is 4.90 Å². The van der Waals surface area contributed by atoms with Crippen LogP contribution in [0.25, 0.3) is 0 Å². The fourth-order valence-corrected chi connectivity index (χ4v) is 2.76. The summed E-state index contributed by atoms with van der Waals surface area (Å²) in [5, 5.41) is 8.82. The Kier molecular flexibility index (Phi) is 3.85. The lowest BCUT2D eigenvalue weighted by Crippen LogP contribution is -2.47. The van der Waals surface area contributed by atoms with Gasteiger partial charge in [-0.1, -0.05) is 0 Å². The number of nitrogens with zero attached hydrogens (tertiary/aromatic N) is 1. The zero-order valence-electron chi connectivity index (χ0n) is 10.9. The molecule has 0 saturated carbocycles. The summed E-state index contributed by atoms with van der Waals surface area (Å²) in [5.41, 5.74) is 0. The van der Waals surface area contributed by atoms with E-state index < -0.39 is 27.8 Å². The number of hydrogen-bond donors (Lipinski definition) is 1. The number of likely N-dealkylation sites (tertiary alicyclic amines) is 1. The largest absolute Gasteiger partial charge is 0.480 e. The monoisotopic (exact) mass is 301 g/mol. The van der Waals surface area contributed by atoms with E-state index in [9.17, 15) is 18.0 Å². The predicted molar refractivity (Wildman–Crippen MR) is 68.1 cm³/mol. The lowest BCUT2D eigenvalue weighted by molar-refractivity contribution is -0.143. The maximum absolute atomic E-state index is 12.2. The fraction of sp³-hybridized carbons (Fsp3) is 0.500. The van der Waals surface area contributed by atoms with Gasteiger partial charge in [-0.05, 0) is 31.4 Å². The van der Waals surface area contributed by atoms with Gasteiger partial charge in [-0.15, -0.1) is 0 Å². The molecule has 0 bridgehead atoms. The molecule has 2 heterocycles. The third-order valence-electron chi connectivity index (χ3n) is 3.21. The first-order valence-electron chi connectivity index (χ1n) is 6.14. The Labute approximate surface area is 116 Å². The third-order valence-corrected chi connectivity index (χ3v) is 4.16. The first-order valence-corrected chi connectivity index (χ1v) is 8.03. The van der Waals surface area contributed by atoms with Crippen molar-refractivity contribution in [3.8, 4) is 0 Å². The molecule has 20 heavy (non-hydrogen) atoms. The zero-order chi connectivity index (χ0) is 14.9. The molecule has 1 fully saturated rings. The molecule has 0 aliphatic carbocycles. The minimum atomic E-state index is -3.53. The van der Waals surface area contributed by atoms with Crippen LogP contribution in [0.15, 0.2) is 21.6 Å². The molecule has 1 aliphatic rings. The summed E-state index contributed by atoms with van der Waals surface area (Å²) >= 11 is 0. The molecular formula is C12H15NO6S. The summed E-state index contributed by atoms with van der Waals surface area (Å²) in [6.45, 7) is 0.324. The van der Waals surface area contributed by atoms with E-state index in [2.05, 4.69) is 0 Å². The number of amides is 1. The number of carbonyl (C=O) groups excluding carboxylic acids is 1. The molecule has 8 heteroatoms. The van der Waals surface area contributed by atoms with Crippen LogP contribution < -0.4 is 0 Å².